The summed E-state index contributed by atoms with van der Waals surface area (Å²) in [6.45, 7) is 13.1. The fraction of sp³-hybridized carbons (Fsp3) is 0.941. The molecule has 1 spiro atoms. The van der Waals surface area contributed by atoms with Gasteiger partial charge in [0.1, 0.15) is 0 Å². The Bertz CT molecular complexity index is 349. The van der Waals surface area contributed by atoms with Gasteiger partial charge in [-0.3, -0.25) is 4.99 Å². The van der Waals surface area contributed by atoms with Crippen LogP contribution in [0.2, 0.25) is 0 Å². The van der Waals surface area contributed by atoms with Crippen molar-refractivity contribution in [3.63, 3.8) is 0 Å². The third-order valence-corrected chi connectivity index (χ3v) is 5.21. The van der Waals surface area contributed by atoms with Gasteiger partial charge in [-0.2, -0.15) is 0 Å². The van der Waals surface area contributed by atoms with Crippen LogP contribution in [0.4, 0.5) is 0 Å². The highest BCUT2D eigenvalue weighted by atomic mass is 16.5. The predicted molar refractivity (Wildman–Crippen MR) is 92.4 cm³/mol. The van der Waals surface area contributed by atoms with Crippen molar-refractivity contribution in [2.24, 2.45) is 10.4 Å². The average molecular weight is 310 g/mol. The van der Waals surface area contributed by atoms with Crippen LogP contribution in [0.3, 0.4) is 0 Å². The van der Waals surface area contributed by atoms with Gasteiger partial charge in [-0.05, 0) is 45.3 Å². The molecule has 0 aromatic heterocycles. The van der Waals surface area contributed by atoms with Crippen molar-refractivity contribution in [1.29, 1.82) is 0 Å². The molecule has 0 radical (unpaired) electrons. The van der Waals surface area contributed by atoms with Crippen LogP contribution in [0.5, 0.6) is 0 Å². The molecule has 1 N–H and O–H groups in total. The highest BCUT2D eigenvalue weighted by Crippen LogP contribution is 2.38. The number of hydrogen-bond acceptors (Lipinski definition) is 3. The molecule has 5 heteroatoms. The monoisotopic (exact) mass is 310 g/mol. The Balaban J connectivity index is 1.66. The highest BCUT2D eigenvalue weighted by Gasteiger charge is 2.42. The lowest BCUT2D eigenvalue weighted by atomic mass is 9.87. The molecule has 128 valence electrons. The third kappa shape index (κ3) is 4.59. The van der Waals surface area contributed by atoms with Gasteiger partial charge >= 0.3 is 0 Å². The normalized spacial score (nSPS) is 25.6. The second-order valence-electron chi connectivity index (χ2n) is 6.68. The van der Waals surface area contributed by atoms with E-state index in [4.69, 9.17) is 4.74 Å². The lowest BCUT2D eigenvalue weighted by Crippen LogP contribution is -2.41. The maximum Gasteiger partial charge on any atom is 0.193 e. The molecule has 2 aliphatic heterocycles. The Morgan fingerprint density at radius 1 is 1.27 bits per heavy atom. The molecular weight excluding hydrogens is 276 g/mol. The minimum Gasteiger partial charge on any atom is -0.381 e. The second-order valence-corrected chi connectivity index (χ2v) is 6.68. The fourth-order valence-electron chi connectivity index (χ4n) is 3.62. The summed E-state index contributed by atoms with van der Waals surface area (Å²) in [5.41, 5.74) is 0.403. The third-order valence-electron chi connectivity index (χ3n) is 5.21. The first-order valence-corrected chi connectivity index (χ1v) is 8.98. The Morgan fingerprint density at radius 3 is 2.73 bits per heavy atom. The minimum absolute atomic E-state index is 0.403. The number of guanidine groups is 1. The number of aliphatic imine (C=N–C) groups is 1. The van der Waals surface area contributed by atoms with E-state index < -0.39 is 0 Å². The molecule has 2 rings (SSSR count). The molecule has 0 aromatic rings. The zero-order valence-corrected chi connectivity index (χ0v) is 14.7. The summed E-state index contributed by atoms with van der Waals surface area (Å²) in [6.07, 6.45) is 4.92. The summed E-state index contributed by atoms with van der Waals surface area (Å²) in [6, 6.07) is 0. The van der Waals surface area contributed by atoms with Gasteiger partial charge in [0.05, 0.1) is 6.61 Å². The van der Waals surface area contributed by atoms with E-state index in [-0.39, 0.29) is 0 Å². The molecule has 0 saturated carbocycles. The van der Waals surface area contributed by atoms with Crippen LogP contribution in [0.1, 0.15) is 39.5 Å². The first-order chi connectivity index (χ1) is 10.7. The minimum atomic E-state index is 0.403. The zero-order chi connectivity index (χ0) is 15.8. The molecule has 1 unspecified atom stereocenters. The first kappa shape index (κ1) is 17.5. The standard InChI is InChI=1S/C17H34N4O/c1-4-20(5-2)11-7-6-10-19-16(18-3)21-12-8-17(14-21)9-13-22-15-17/h4-15H2,1-3H3,(H,18,19). The lowest BCUT2D eigenvalue weighted by molar-refractivity contribution is 0.156. The smallest absolute Gasteiger partial charge is 0.193 e. The number of nitrogens with one attached hydrogen (secondary N) is 1. The molecule has 2 saturated heterocycles. The molecule has 22 heavy (non-hydrogen) atoms. The van der Waals surface area contributed by atoms with Crippen LogP contribution in [0.25, 0.3) is 0 Å². The maximum absolute atomic E-state index is 5.61. The maximum atomic E-state index is 5.61. The fourth-order valence-corrected chi connectivity index (χ4v) is 3.62. The van der Waals surface area contributed by atoms with Crippen molar-refractivity contribution >= 4 is 5.96 Å². The zero-order valence-electron chi connectivity index (χ0n) is 14.7. The van der Waals surface area contributed by atoms with Gasteiger partial charge in [-0.1, -0.05) is 13.8 Å². The lowest BCUT2D eigenvalue weighted by Gasteiger charge is -2.25. The Hall–Kier alpha value is -0.810. The van der Waals surface area contributed by atoms with Gasteiger partial charge in [0.2, 0.25) is 0 Å². The Kier molecular flexibility index (Phi) is 6.96. The first-order valence-electron chi connectivity index (χ1n) is 8.98. The number of ether oxygens (including phenoxy) is 1. The van der Waals surface area contributed by atoms with E-state index in [9.17, 15) is 0 Å². The summed E-state index contributed by atoms with van der Waals surface area (Å²) in [7, 11) is 1.90. The van der Waals surface area contributed by atoms with Crippen molar-refractivity contribution in [1.82, 2.24) is 15.1 Å². The molecular formula is C17H34N4O. The molecule has 0 aromatic carbocycles. The largest absolute Gasteiger partial charge is 0.381 e. The molecule has 0 bridgehead atoms. The molecule has 0 aliphatic carbocycles. The van der Waals surface area contributed by atoms with Crippen LogP contribution in [0.15, 0.2) is 4.99 Å². The summed E-state index contributed by atoms with van der Waals surface area (Å²) in [5, 5.41) is 3.54. The quantitative estimate of drug-likeness (QED) is 0.442. The number of nitrogens with zero attached hydrogens (tertiary/aromatic N) is 3. The Labute approximate surface area is 136 Å². The number of likely N-dealkylation sites (tertiary alicyclic amines) is 1. The van der Waals surface area contributed by atoms with Crippen molar-refractivity contribution in [2.75, 3.05) is 59.5 Å². The molecule has 1 atom stereocenters. The summed E-state index contributed by atoms with van der Waals surface area (Å²) in [5.74, 6) is 1.08. The molecule has 5 nitrogen and oxygen atoms in total. The van der Waals surface area contributed by atoms with Crippen molar-refractivity contribution in [3.05, 3.63) is 0 Å². The second kappa shape index (κ2) is 8.73. The number of hydrogen-bond donors (Lipinski definition) is 1. The highest BCUT2D eigenvalue weighted by molar-refractivity contribution is 5.80. The van der Waals surface area contributed by atoms with Crippen LogP contribution in [0, 0.1) is 5.41 Å². The molecule has 0 amide bonds. The van der Waals surface area contributed by atoms with Gasteiger partial charge in [-0.15, -0.1) is 0 Å². The van der Waals surface area contributed by atoms with Crippen LogP contribution < -0.4 is 5.32 Å². The van der Waals surface area contributed by atoms with Crippen molar-refractivity contribution < 1.29 is 4.74 Å². The van der Waals surface area contributed by atoms with Crippen molar-refractivity contribution in [3.8, 4) is 0 Å². The van der Waals surface area contributed by atoms with Crippen LogP contribution in [-0.2, 0) is 4.74 Å². The van der Waals surface area contributed by atoms with E-state index >= 15 is 0 Å². The molecule has 2 heterocycles. The van der Waals surface area contributed by atoms with E-state index in [0.717, 1.165) is 51.9 Å². The molecule has 2 fully saturated rings. The van der Waals surface area contributed by atoms with E-state index in [0.29, 0.717) is 5.41 Å². The SMILES string of the molecule is CCN(CC)CCCCNC(=NC)N1CCC2(CCOC2)C1. The van der Waals surface area contributed by atoms with Gasteiger partial charge in [0.15, 0.2) is 5.96 Å². The van der Waals surface area contributed by atoms with Crippen molar-refractivity contribution in [2.45, 2.75) is 39.5 Å². The van der Waals surface area contributed by atoms with Gasteiger partial charge < -0.3 is 19.9 Å². The number of unbranched alkanes of at least 4 members (excludes halogenated alkanes) is 1. The molecule has 2 aliphatic rings. The Morgan fingerprint density at radius 2 is 2.09 bits per heavy atom. The van der Waals surface area contributed by atoms with Gasteiger partial charge in [0, 0.05) is 38.7 Å². The van der Waals surface area contributed by atoms with Crippen LogP contribution >= 0.6 is 0 Å². The van der Waals surface area contributed by atoms with Gasteiger partial charge in [-0.25, -0.2) is 0 Å². The van der Waals surface area contributed by atoms with Gasteiger partial charge in [0.25, 0.3) is 0 Å². The van der Waals surface area contributed by atoms with E-state index in [1.807, 2.05) is 7.05 Å². The van der Waals surface area contributed by atoms with E-state index in [2.05, 4.69) is 34.0 Å². The average Bonchev–Trinajstić information content (AvgIpc) is 3.17. The predicted octanol–water partition coefficient (Wildman–Crippen LogP) is 1.80. The van der Waals surface area contributed by atoms with E-state index in [1.54, 1.807) is 0 Å². The summed E-state index contributed by atoms with van der Waals surface area (Å²) >= 11 is 0. The summed E-state index contributed by atoms with van der Waals surface area (Å²) < 4.78 is 5.61. The topological polar surface area (TPSA) is 40.1 Å². The summed E-state index contributed by atoms with van der Waals surface area (Å²) in [4.78, 5) is 9.37. The van der Waals surface area contributed by atoms with Crippen LogP contribution in [-0.4, -0.2) is 75.3 Å². The van der Waals surface area contributed by atoms with E-state index in [1.165, 1.54) is 32.2 Å². The number of rotatable bonds is 7.